The number of carbonyl (C=O) groups excluding carboxylic acids is 1. The molecule has 1 aromatic carbocycles. The minimum Gasteiger partial charge on any atom is -0.300 e. The highest BCUT2D eigenvalue weighted by Gasteiger charge is 2.09. The number of anilines is 1. The lowest BCUT2D eigenvalue weighted by atomic mass is 10.2. The number of thiazole rings is 1. The molecule has 0 aliphatic rings. The molecule has 1 amide bonds. The molecule has 0 saturated carbocycles. The van der Waals surface area contributed by atoms with Crippen LogP contribution in [0.25, 0.3) is 10.2 Å². The number of nitrogens with zero attached hydrogens (tertiary/aromatic N) is 3. The van der Waals surface area contributed by atoms with Gasteiger partial charge in [0.15, 0.2) is 5.13 Å². The molecule has 0 aliphatic carbocycles. The summed E-state index contributed by atoms with van der Waals surface area (Å²) in [4.78, 5) is 32.6. The second kappa shape index (κ2) is 6.70. The van der Waals surface area contributed by atoms with E-state index in [-0.39, 0.29) is 18.0 Å². The van der Waals surface area contributed by atoms with Crippen LogP contribution in [0.5, 0.6) is 0 Å². The van der Waals surface area contributed by atoms with Crippen LogP contribution in [0.2, 0.25) is 0 Å². The van der Waals surface area contributed by atoms with Crippen molar-refractivity contribution in [2.24, 2.45) is 0 Å². The van der Waals surface area contributed by atoms with Crippen LogP contribution >= 0.6 is 11.3 Å². The smallest absolute Gasteiger partial charge is 0.253 e. The van der Waals surface area contributed by atoms with E-state index < -0.39 is 0 Å². The highest BCUT2D eigenvalue weighted by atomic mass is 32.1. The van der Waals surface area contributed by atoms with Crippen molar-refractivity contribution in [1.29, 1.82) is 0 Å². The zero-order valence-corrected chi connectivity index (χ0v) is 13.5. The summed E-state index contributed by atoms with van der Waals surface area (Å²) in [6, 6.07) is 9.15. The molecule has 0 aliphatic heterocycles. The molecular weight excluding hydrogens is 312 g/mol. The highest BCUT2D eigenvalue weighted by Crippen LogP contribution is 2.25. The Morgan fingerprint density at radius 2 is 2.17 bits per heavy atom. The minimum absolute atomic E-state index is 0.0752. The first-order valence-corrected chi connectivity index (χ1v) is 8.18. The van der Waals surface area contributed by atoms with E-state index in [1.54, 1.807) is 0 Å². The number of carbonyl (C=O) groups is 1. The zero-order valence-electron chi connectivity index (χ0n) is 12.7. The Morgan fingerprint density at radius 1 is 1.35 bits per heavy atom. The molecule has 6 nitrogen and oxygen atoms in total. The molecule has 0 fully saturated rings. The van der Waals surface area contributed by atoms with Gasteiger partial charge in [-0.25, -0.2) is 9.97 Å². The van der Waals surface area contributed by atoms with Gasteiger partial charge in [0.2, 0.25) is 5.91 Å². The van der Waals surface area contributed by atoms with Crippen LogP contribution in [0.15, 0.2) is 41.5 Å². The third-order valence-electron chi connectivity index (χ3n) is 3.30. The number of nitrogens with one attached hydrogen (secondary N) is 1. The lowest BCUT2D eigenvalue weighted by molar-refractivity contribution is -0.116. The second-order valence-electron chi connectivity index (χ2n) is 5.13. The van der Waals surface area contributed by atoms with Crippen LogP contribution in [0.4, 0.5) is 5.13 Å². The highest BCUT2D eigenvalue weighted by molar-refractivity contribution is 7.22. The van der Waals surface area contributed by atoms with Crippen LogP contribution in [0.3, 0.4) is 0 Å². The quantitative estimate of drug-likeness (QED) is 0.780. The molecule has 2 heterocycles. The average Bonchev–Trinajstić information content (AvgIpc) is 2.92. The Kier molecular flexibility index (Phi) is 4.47. The zero-order chi connectivity index (χ0) is 16.2. The Morgan fingerprint density at radius 3 is 2.91 bits per heavy atom. The number of aryl methyl sites for hydroxylation is 1. The number of hydrogen-bond donors (Lipinski definition) is 1. The van der Waals surface area contributed by atoms with Gasteiger partial charge in [-0.15, -0.1) is 0 Å². The predicted octanol–water partition coefficient (Wildman–Crippen LogP) is 2.44. The van der Waals surface area contributed by atoms with Crippen molar-refractivity contribution < 1.29 is 4.79 Å². The van der Waals surface area contributed by atoms with Crippen LogP contribution in [0, 0.1) is 0 Å². The summed E-state index contributed by atoms with van der Waals surface area (Å²) in [6.45, 7) is 1.95. The monoisotopic (exact) mass is 328 g/mol. The van der Waals surface area contributed by atoms with Gasteiger partial charge in [-0.3, -0.25) is 14.2 Å². The number of benzene rings is 1. The van der Waals surface area contributed by atoms with E-state index in [2.05, 4.69) is 15.3 Å². The van der Waals surface area contributed by atoms with Crippen molar-refractivity contribution >= 4 is 32.6 Å². The van der Waals surface area contributed by atoms with Gasteiger partial charge in [0.1, 0.15) is 6.54 Å². The lowest BCUT2D eigenvalue weighted by Crippen LogP contribution is -2.27. The van der Waals surface area contributed by atoms with Gasteiger partial charge in [0, 0.05) is 11.8 Å². The predicted molar refractivity (Wildman–Crippen MR) is 90.7 cm³/mol. The normalized spacial score (nSPS) is 10.8. The number of rotatable bonds is 5. The molecule has 118 valence electrons. The summed E-state index contributed by atoms with van der Waals surface area (Å²) in [5, 5.41) is 3.26. The molecule has 0 bridgehead atoms. The topological polar surface area (TPSA) is 76.9 Å². The van der Waals surface area contributed by atoms with Gasteiger partial charge in [-0.05, 0) is 18.6 Å². The molecule has 3 rings (SSSR count). The molecule has 0 spiro atoms. The molecule has 23 heavy (non-hydrogen) atoms. The van der Waals surface area contributed by atoms with E-state index in [4.69, 9.17) is 0 Å². The molecule has 0 saturated heterocycles. The Hall–Kier alpha value is -2.54. The summed E-state index contributed by atoms with van der Waals surface area (Å²) < 4.78 is 2.30. The Bertz CT molecular complexity index is 867. The average molecular weight is 328 g/mol. The maximum atomic E-state index is 12.1. The maximum absolute atomic E-state index is 12.1. The summed E-state index contributed by atoms with van der Waals surface area (Å²) in [5.41, 5.74) is 1.37. The molecule has 0 radical (unpaired) electrons. The van der Waals surface area contributed by atoms with Crippen molar-refractivity contribution in [3.05, 3.63) is 52.7 Å². The first-order chi connectivity index (χ1) is 11.2. The van der Waals surface area contributed by atoms with Crippen molar-refractivity contribution in [3.8, 4) is 0 Å². The van der Waals surface area contributed by atoms with E-state index in [0.29, 0.717) is 5.13 Å². The van der Waals surface area contributed by atoms with Crippen LogP contribution < -0.4 is 10.9 Å². The van der Waals surface area contributed by atoms with Gasteiger partial charge in [-0.2, -0.15) is 0 Å². The third kappa shape index (κ3) is 3.62. The summed E-state index contributed by atoms with van der Waals surface area (Å²) in [5.74, 6) is -0.295. The number of aromatic nitrogens is 3. The standard InChI is InChI=1S/C16H16N4O2S/c1-2-5-11-8-15(22)20(10-17-11)9-14(21)19-16-18-12-6-3-4-7-13(12)23-16/h3-4,6-8,10H,2,5,9H2,1H3,(H,18,19,21). The maximum Gasteiger partial charge on any atom is 0.253 e. The van der Waals surface area contributed by atoms with Gasteiger partial charge < -0.3 is 5.32 Å². The van der Waals surface area contributed by atoms with E-state index >= 15 is 0 Å². The molecule has 1 N–H and O–H groups in total. The first kappa shape index (κ1) is 15.4. The number of para-hydroxylation sites is 1. The van der Waals surface area contributed by atoms with Gasteiger partial charge in [0.25, 0.3) is 5.56 Å². The van der Waals surface area contributed by atoms with Crippen molar-refractivity contribution in [3.63, 3.8) is 0 Å². The van der Waals surface area contributed by atoms with Crippen molar-refractivity contribution in [2.45, 2.75) is 26.3 Å². The molecule has 7 heteroatoms. The largest absolute Gasteiger partial charge is 0.300 e. The fourth-order valence-electron chi connectivity index (χ4n) is 2.21. The summed E-state index contributed by atoms with van der Waals surface area (Å²) >= 11 is 1.40. The van der Waals surface area contributed by atoms with Crippen LogP contribution in [-0.4, -0.2) is 20.4 Å². The minimum atomic E-state index is -0.295. The van der Waals surface area contributed by atoms with E-state index in [1.807, 2.05) is 31.2 Å². The lowest BCUT2D eigenvalue weighted by Gasteiger charge is -2.05. The molecule has 0 unspecified atom stereocenters. The van der Waals surface area contributed by atoms with Crippen LogP contribution in [0.1, 0.15) is 19.0 Å². The van der Waals surface area contributed by atoms with E-state index in [1.165, 1.54) is 28.3 Å². The molecule has 0 atom stereocenters. The van der Waals surface area contributed by atoms with Gasteiger partial charge >= 0.3 is 0 Å². The van der Waals surface area contributed by atoms with E-state index in [9.17, 15) is 9.59 Å². The molecular formula is C16H16N4O2S. The number of hydrogen-bond acceptors (Lipinski definition) is 5. The van der Waals surface area contributed by atoms with Gasteiger partial charge in [0.05, 0.1) is 16.5 Å². The summed E-state index contributed by atoms with van der Waals surface area (Å²) in [6.07, 6.45) is 3.10. The second-order valence-corrected chi connectivity index (χ2v) is 6.16. The Labute approximate surface area is 136 Å². The van der Waals surface area contributed by atoms with Crippen molar-refractivity contribution in [1.82, 2.24) is 14.5 Å². The number of fused-ring (bicyclic) bond motifs is 1. The van der Waals surface area contributed by atoms with E-state index in [0.717, 1.165) is 28.8 Å². The van der Waals surface area contributed by atoms with Crippen LogP contribution in [-0.2, 0) is 17.8 Å². The van der Waals surface area contributed by atoms with Crippen molar-refractivity contribution in [2.75, 3.05) is 5.32 Å². The molecule has 3 aromatic rings. The fraction of sp³-hybridized carbons (Fsp3) is 0.250. The number of amides is 1. The third-order valence-corrected chi connectivity index (χ3v) is 4.25. The fourth-order valence-corrected chi connectivity index (χ4v) is 3.10. The molecule has 2 aromatic heterocycles. The SMILES string of the molecule is CCCc1cc(=O)n(CC(=O)Nc2nc3ccccc3s2)cn1. The van der Waals surface area contributed by atoms with Gasteiger partial charge in [-0.1, -0.05) is 36.8 Å². The Balaban J connectivity index is 1.70. The summed E-state index contributed by atoms with van der Waals surface area (Å²) in [7, 11) is 0. The first-order valence-electron chi connectivity index (χ1n) is 7.36.